The second kappa shape index (κ2) is 8.59. The van der Waals surface area contributed by atoms with Crippen LogP contribution in [0.5, 0.6) is 0 Å². The number of hydrogen-bond acceptors (Lipinski definition) is 3. The maximum absolute atomic E-state index is 4.22. The quantitative estimate of drug-likeness (QED) is 0.747. The van der Waals surface area contributed by atoms with Crippen molar-refractivity contribution in [3.8, 4) is 0 Å². The molecule has 0 fully saturated rings. The van der Waals surface area contributed by atoms with Crippen LogP contribution in [0.2, 0.25) is 0 Å². The third-order valence-corrected chi connectivity index (χ3v) is 4.34. The zero-order chi connectivity index (χ0) is 13.4. The number of rotatable bonds is 9. The van der Waals surface area contributed by atoms with Gasteiger partial charge in [-0.2, -0.15) is 16.9 Å². The number of thioether (sulfide) groups is 1. The van der Waals surface area contributed by atoms with Gasteiger partial charge >= 0.3 is 0 Å². The molecule has 1 aromatic rings. The first-order valence-electron chi connectivity index (χ1n) is 6.90. The molecule has 1 N–H and O–H groups in total. The number of hydrogen-bond donors (Lipinski definition) is 1. The molecule has 0 saturated carbocycles. The second-order valence-electron chi connectivity index (χ2n) is 5.25. The Balaban J connectivity index is 2.28. The molecule has 1 rings (SSSR count). The Morgan fingerprint density at radius 1 is 1.39 bits per heavy atom. The lowest BCUT2D eigenvalue weighted by atomic mass is 10.1. The van der Waals surface area contributed by atoms with Gasteiger partial charge in [-0.1, -0.05) is 20.8 Å². The third-order valence-electron chi connectivity index (χ3n) is 2.80. The van der Waals surface area contributed by atoms with E-state index in [1.807, 2.05) is 17.9 Å². The Labute approximate surface area is 116 Å². The van der Waals surface area contributed by atoms with E-state index in [2.05, 4.69) is 49.1 Å². The van der Waals surface area contributed by atoms with Crippen molar-refractivity contribution in [3.63, 3.8) is 0 Å². The predicted octanol–water partition coefficient (Wildman–Crippen LogP) is 2.72. The van der Waals surface area contributed by atoms with E-state index < -0.39 is 0 Å². The molecule has 0 aromatic carbocycles. The summed E-state index contributed by atoms with van der Waals surface area (Å²) in [5.41, 5.74) is 1.34. The van der Waals surface area contributed by atoms with Crippen LogP contribution in [0, 0.1) is 5.92 Å². The highest BCUT2D eigenvalue weighted by Gasteiger charge is 2.09. The lowest BCUT2D eigenvalue weighted by Gasteiger charge is -2.17. The lowest BCUT2D eigenvalue weighted by Crippen LogP contribution is -2.31. The van der Waals surface area contributed by atoms with Gasteiger partial charge < -0.3 is 5.32 Å². The van der Waals surface area contributed by atoms with Gasteiger partial charge in [-0.05, 0) is 36.6 Å². The molecular formula is C14H27N3S. The Hall–Kier alpha value is -0.480. The first-order chi connectivity index (χ1) is 8.61. The molecule has 0 radical (unpaired) electrons. The highest BCUT2D eigenvalue weighted by Crippen LogP contribution is 2.12. The molecule has 1 heterocycles. The molecule has 0 bridgehead atoms. The zero-order valence-electron chi connectivity index (χ0n) is 12.1. The summed E-state index contributed by atoms with van der Waals surface area (Å²) in [7, 11) is 1.98. The van der Waals surface area contributed by atoms with Crippen molar-refractivity contribution < 1.29 is 0 Å². The van der Waals surface area contributed by atoms with E-state index in [4.69, 9.17) is 0 Å². The first kappa shape index (κ1) is 15.6. The van der Waals surface area contributed by atoms with Gasteiger partial charge in [0, 0.05) is 25.0 Å². The fourth-order valence-electron chi connectivity index (χ4n) is 1.92. The molecule has 0 aliphatic heterocycles. The largest absolute Gasteiger partial charge is 0.313 e. The molecule has 0 spiro atoms. The summed E-state index contributed by atoms with van der Waals surface area (Å²) in [5, 5.41) is 7.80. The van der Waals surface area contributed by atoms with Crippen molar-refractivity contribution in [2.24, 2.45) is 13.0 Å². The predicted molar refractivity (Wildman–Crippen MR) is 81.2 cm³/mol. The number of aromatic nitrogens is 2. The summed E-state index contributed by atoms with van der Waals surface area (Å²) in [5.74, 6) is 3.26. The van der Waals surface area contributed by atoms with Gasteiger partial charge in [0.1, 0.15) is 0 Å². The molecule has 1 atom stereocenters. The number of aryl methyl sites for hydroxylation is 2. The summed E-state index contributed by atoms with van der Waals surface area (Å²) >= 11 is 2.07. The lowest BCUT2D eigenvalue weighted by molar-refractivity contribution is 0.537. The van der Waals surface area contributed by atoms with Crippen LogP contribution in [0.4, 0.5) is 0 Å². The second-order valence-corrected chi connectivity index (χ2v) is 6.32. The Morgan fingerprint density at radius 3 is 2.72 bits per heavy atom. The summed E-state index contributed by atoms with van der Waals surface area (Å²) in [6.07, 6.45) is 6.41. The van der Waals surface area contributed by atoms with E-state index >= 15 is 0 Å². The molecule has 0 aliphatic carbocycles. The van der Waals surface area contributed by atoms with Crippen molar-refractivity contribution >= 4 is 11.8 Å². The first-order valence-corrected chi connectivity index (χ1v) is 8.06. The van der Waals surface area contributed by atoms with Gasteiger partial charge in [-0.3, -0.25) is 4.68 Å². The maximum atomic E-state index is 4.22. The average molecular weight is 269 g/mol. The summed E-state index contributed by atoms with van der Waals surface area (Å²) in [6.45, 7) is 7.81. The van der Waals surface area contributed by atoms with E-state index in [9.17, 15) is 0 Å². The summed E-state index contributed by atoms with van der Waals surface area (Å²) in [6, 6.07) is 0.624. The highest BCUT2D eigenvalue weighted by atomic mass is 32.2. The van der Waals surface area contributed by atoms with Crippen LogP contribution in [0.1, 0.15) is 32.8 Å². The summed E-state index contributed by atoms with van der Waals surface area (Å²) < 4.78 is 1.88. The average Bonchev–Trinajstić information content (AvgIpc) is 2.71. The fourth-order valence-corrected chi connectivity index (χ4v) is 3.10. The molecule has 1 unspecified atom stereocenters. The van der Waals surface area contributed by atoms with Gasteiger partial charge in [-0.25, -0.2) is 0 Å². The maximum Gasteiger partial charge on any atom is 0.0521 e. The van der Waals surface area contributed by atoms with E-state index in [-0.39, 0.29) is 0 Å². The molecule has 104 valence electrons. The number of nitrogens with one attached hydrogen (secondary N) is 1. The van der Waals surface area contributed by atoms with E-state index in [0.717, 1.165) is 18.9 Å². The van der Waals surface area contributed by atoms with Crippen LogP contribution in [0.25, 0.3) is 0 Å². The molecule has 0 aliphatic rings. The van der Waals surface area contributed by atoms with E-state index in [1.165, 1.54) is 23.5 Å². The standard InChI is InChI=1S/C14H27N3S/c1-5-15-14(11-18-10-12(2)3)7-6-13-8-16-17(4)9-13/h8-9,12,14-15H,5-7,10-11H2,1-4H3. The van der Waals surface area contributed by atoms with Gasteiger partial charge in [0.05, 0.1) is 6.20 Å². The van der Waals surface area contributed by atoms with Crippen LogP contribution >= 0.6 is 11.8 Å². The molecule has 0 amide bonds. The van der Waals surface area contributed by atoms with Gasteiger partial charge in [0.2, 0.25) is 0 Å². The van der Waals surface area contributed by atoms with E-state index in [0.29, 0.717) is 6.04 Å². The zero-order valence-corrected chi connectivity index (χ0v) is 13.0. The van der Waals surface area contributed by atoms with E-state index in [1.54, 1.807) is 0 Å². The van der Waals surface area contributed by atoms with Crippen molar-refractivity contribution in [2.75, 3.05) is 18.1 Å². The van der Waals surface area contributed by atoms with Crippen molar-refractivity contribution in [1.82, 2.24) is 15.1 Å². The Bertz CT molecular complexity index is 323. The number of nitrogens with zero attached hydrogens (tertiary/aromatic N) is 2. The van der Waals surface area contributed by atoms with Crippen LogP contribution < -0.4 is 5.32 Å². The van der Waals surface area contributed by atoms with Crippen LogP contribution in [0.3, 0.4) is 0 Å². The molecule has 3 nitrogen and oxygen atoms in total. The Morgan fingerprint density at radius 2 is 2.17 bits per heavy atom. The smallest absolute Gasteiger partial charge is 0.0521 e. The summed E-state index contributed by atoms with van der Waals surface area (Å²) in [4.78, 5) is 0. The van der Waals surface area contributed by atoms with Gasteiger partial charge in [0.15, 0.2) is 0 Å². The van der Waals surface area contributed by atoms with Crippen LogP contribution in [-0.2, 0) is 13.5 Å². The monoisotopic (exact) mass is 269 g/mol. The van der Waals surface area contributed by atoms with Crippen molar-refractivity contribution in [2.45, 2.75) is 39.7 Å². The van der Waals surface area contributed by atoms with Gasteiger partial charge in [0.25, 0.3) is 0 Å². The minimum absolute atomic E-state index is 0.624. The topological polar surface area (TPSA) is 29.9 Å². The molecule has 1 aromatic heterocycles. The minimum Gasteiger partial charge on any atom is -0.313 e. The highest BCUT2D eigenvalue weighted by molar-refractivity contribution is 7.99. The molecular weight excluding hydrogens is 242 g/mol. The SMILES string of the molecule is CCNC(CCc1cnn(C)c1)CSCC(C)C. The Kier molecular flexibility index (Phi) is 7.44. The van der Waals surface area contributed by atoms with Crippen molar-refractivity contribution in [3.05, 3.63) is 18.0 Å². The normalized spacial score (nSPS) is 13.2. The molecule has 0 saturated heterocycles. The minimum atomic E-state index is 0.624. The molecule has 4 heteroatoms. The van der Waals surface area contributed by atoms with Crippen LogP contribution in [0.15, 0.2) is 12.4 Å². The van der Waals surface area contributed by atoms with Crippen molar-refractivity contribution in [1.29, 1.82) is 0 Å². The van der Waals surface area contributed by atoms with Crippen LogP contribution in [-0.4, -0.2) is 33.9 Å². The molecule has 18 heavy (non-hydrogen) atoms. The fraction of sp³-hybridized carbons (Fsp3) is 0.786. The van der Waals surface area contributed by atoms with Gasteiger partial charge in [-0.15, -0.1) is 0 Å². The third kappa shape index (κ3) is 6.45.